The summed E-state index contributed by atoms with van der Waals surface area (Å²) in [5, 5.41) is 6.22. The molecule has 0 fully saturated rings. The zero-order valence-electron chi connectivity index (χ0n) is 11.6. The van der Waals surface area contributed by atoms with Gasteiger partial charge in [-0.2, -0.15) is 0 Å². The van der Waals surface area contributed by atoms with Crippen LogP contribution in [0.1, 0.15) is 37.3 Å². The molecule has 100 valence electrons. The van der Waals surface area contributed by atoms with Crippen molar-refractivity contribution in [3.05, 3.63) is 35.4 Å². The summed E-state index contributed by atoms with van der Waals surface area (Å²) in [5.74, 6) is 0.00923. The summed E-state index contributed by atoms with van der Waals surface area (Å²) in [6, 6.07) is 8.12. The highest BCUT2D eigenvalue weighted by atomic mass is 16.1. The number of hydrogen-bond acceptors (Lipinski definition) is 2. The lowest BCUT2D eigenvalue weighted by atomic mass is 9.99. The number of benzene rings is 1. The van der Waals surface area contributed by atoms with Crippen LogP contribution in [0.2, 0.25) is 0 Å². The largest absolute Gasteiger partial charge is 0.354 e. The van der Waals surface area contributed by atoms with Gasteiger partial charge in [-0.15, -0.1) is 0 Å². The zero-order chi connectivity index (χ0) is 13.4. The summed E-state index contributed by atoms with van der Waals surface area (Å²) in [5.41, 5.74) is 2.27. The monoisotopic (exact) mass is 248 g/mol. The predicted molar refractivity (Wildman–Crippen MR) is 75.8 cm³/mol. The lowest BCUT2D eigenvalue weighted by Crippen LogP contribution is -2.34. The van der Waals surface area contributed by atoms with E-state index in [1.807, 2.05) is 32.0 Å². The maximum absolute atomic E-state index is 11.9. The fourth-order valence-corrected chi connectivity index (χ4v) is 1.82. The number of nitrogens with one attached hydrogen (secondary N) is 2. The molecule has 3 heteroatoms. The molecule has 0 bridgehead atoms. The standard InChI is InChI=1S/C15H24N2O/c1-4-8-16-9-10-17-15(18)13(3)14-7-5-6-12(2)11-14/h5-7,11,13,16H,4,8-10H2,1-3H3,(H,17,18). The number of aryl methyl sites for hydroxylation is 1. The Morgan fingerprint density at radius 3 is 2.72 bits per heavy atom. The summed E-state index contributed by atoms with van der Waals surface area (Å²) < 4.78 is 0. The number of carbonyl (C=O) groups excluding carboxylic acids is 1. The minimum atomic E-state index is -0.0870. The molecule has 1 unspecified atom stereocenters. The van der Waals surface area contributed by atoms with E-state index in [-0.39, 0.29) is 11.8 Å². The van der Waals surface area contributed by atoms with E-state index in [1.54, 1.807) is 0 Å². The molecule has 0 aliphatic heterocycles. The second kappa shape index (κ2) is 7.88. The van der Waals surface area contributed by atoms with Crippen LogP contribution in [0.25, 0.3) is 0 Å². The van der Waals surface area contributed by atoms with Crippen LogP contribution in [0.5, 0.6) is 0 Å². The molecular weight excluding hydrogens is 224 g/mol. The fourth-order valence-electron chi connectivity index (χ4n) is 1.82. The summed E-state index contributed by atoms with van der Waals surface area (Å²) in [7, 11) is 0. The van der Waals surface area contributed by atoms with Gasteiger partial charge in [0, 0.05) is 13.1 Å². The van der Waals surface area contributed by atoms with E-state index in [4.69, 9.17) is 0 Å². The highest BCUT2D eigenvalue weighted by Gasteiger charge is 2.14. The topological polar surface area (TPSA) is 41.1 Å². The fraction of sp³-hybridized carbons (Fsp3) is 0.533. The Bertz CT molecular complexity index is 377. The Morgan fingerprint density at radius 2 is 2.06 bits per heavy atom. The number of hydrogen-bond donors (Lipinski definition) is 2. The molecule has 0 saturated carbocycles. The van der Waals surface area contributed by atoms with Crippen LogP contribution in [0.3, 0.4) is 0 Å². The van der Waals surface area contributed by atoms with Gasteiger partial charge in [0.15, 0.2) is 0 Å². The Hall–Kier alpha value is -1.35. The van der Waals surface area contributed by atoms with E-state index in [9.17, 15) is 4.79 Å². The predicted octanol–water partition coefficient (Wildman–Crippen LogP) is 2.21. The minimum absolute atomic E-state index is 0.0870. The van der Waals surface area contributed by atoms with Crippen LogP contribution in [-0.2, 0) is 4.79 Å². The van der Waals surface area contributed by atoms with Crippen LogP contribution in [0, 0.1) is 6.92 Å². The number of rotatable bonds is 7. The first kappa shape index (κ1) is 14.7. The van der Waals surface area contributed by atoms with Gasteiger partial charge in [0.05, 0.1) is 5.92 Å². The average Bonchev–Trinajstić information content (AvgIpc) is 2.37. The van der Waals surface area contributed by atoms with Gasteiger partial charge in [-0.3, -0.25) is 4.79 Å². The smallest absolute Gasteiger partial charge is 0.227 e. The van der Waals surface area contributed by atoms with Crippen molar-refractivity contribution in [2.75, 3.05) is 19.6 Å². The molecule has 0 heterocycles. The Balaban J connectivity index is 2.37. The van der Waals surface area contributed by atoms with Crippen LogP contribution in [-0.4, -0.2) is 25.5 Å². The molecule has 1 aromatic carbocycles. The Labute approximate surface area is 110 Å². The average molecular weight is 248 g/mol. The van der Waals surface area contributed by atoms with Crippen molar-refractivity contribution in [1.82, 2.24) is 10.6 Å². The first-order valence-electron chi connectivity index (χ1n) is 6.70. The van der Waals surface area contributed by atoms with E-state index in [2.05, 4.69) is 23.6 Å². The van der Waals surface area contributed by atoms with E-state index in [0.29, 0.717) is 6.54 Å². The van der Waals surface area contributed by atoms with Gasteiger partial charge < -0.3 is 10.6 Å². The molecule has 3 nitrogen and oxygen atoms in total. The molecule has 1 atom stereocenters. The molecule has 2 N–H and O–H groups in total. The van der Waals surface area contributed by atoms with Crippen molar-refractivity contribution in [3.63, 3.8) is 0 Å². The van der Waals surface area contributed by atoms with Gasteiger partial charge in [-0.25, -0.2) is 0 Å². The van der Waals surface area contributed by atoms with Gasteiger partial charge in [0.1, 0.15) is 0 Å². The Kier molecular flexibility index (Phi) is 6.44. The van der Waals surface area contributed by atoms with Crippen molar-refractivity contribution in [2.24, 2.45) is 0 Å². The SMILES string of the molecule is CCCNCCNC(=O)C(C)c1cccc(C)c1. The van der Waals surface area contributed by atoms with Gasteiger partial charge >= 0.3 is 0 Å². The molecule has 1 aromatic rings. The lowest BCUT2D eigenvalue weighted by Gasteiger charge is -2.13. The summed E-state index contributed by atoms with van der Waals surface area (Å²) >= 11 is 0. The molecule has 0 aliphatic carbocycles. The van der Waals surface area contributed by atoms with Crippen molar-refractivity contribution in [1.29, 1.82) is 0 Å². The van der Waals surface area contributed by atoms with E-state index in [0.717, 1.165) is 25.1 Å². The molecule has 0 radical (unpaired) electrons. The van der Waals surface area contributed by atoms with E-state index >= 15 is 0 Å². The first-order chi connectivity index (χ1) is 8.65. The van der Waals surface area contributed by atoms with Crippen LogP contribution in [0.4, 0.5) is 0 Å². The molecule has 1 rings (SSSR count). The van der Waals surface area contributed by atoms with E-state index < -0.39 is 0 Å². The third-order valence-corrected chi connectivity index (χ3v) is 2.96. The molecule has 0 saturated heterocycles. The third-order valence-electron chi connectivity index (χ3n) is 2.96. The molecular formula is C15H24N2O. The quantitative estimate of drug-likeness (QED) is 0.726. The second-order valence-electron chi connectivity index (χ2n) is 4.68. The zero-order valence-corrected chi connectivity index (χ0v) is 11.6. The van der Waals surface area contributed by atoms with Crippen LogP contribution in [0.15, 0.2) is 24.3 Å². The normalized spacial score (nSPS) is 12.2. The van der Waals surface area contributed by atoms with Gasteiger partial charge in [-0.1, -0.05) is 36.8 Å². The highest BCUT2D eigenvalue weighted by Crippen LogP contribution is 2.16. The van der Waals surface area contributed by atoms with E-state index in [1.165, 1.54) is 5.56 Å². The van der Waals surface area contributed by atoms with Crippen molar-refractivity contribution in [3.8, 4) is 0 Å². The summed E-state index contributed by atoms with van der Waals surface area (Å²) in [6.07, 6.45) is 1.12. The van der Waals surface area contributed by atoms with Crippen molar-refractivity contribution in [2.45, 2.75) is 33.1 Å². The number of carbonyl (C=O) groups is 1. The highest BCUT2D eigenvalue weighted by molar-refractivity contribution is 5.83. The van der Waals surface area contributed by atoms with Gasteiger partial charge in [-0.05, 0) is 32.4 Å². The van der Waals surface area contributed by atoms with Crippen molar-refractivity contribution < 1.29 is 4.79 Å². The molecule has 18 heavy (non-hydrogen) atoms. The molecule has 0 aromatic heterocycles. The second-order valence-corrected chi connectivity index (χ2v) is 4.68. The minimum Gasteiger partial charge on any atom is -0.354 e. The number of amides is 1. The first-order valence-corrected chi connectivity index (χ1v) is 6.70. The third kappa shape index (κ3) is 4.88. The summed E-state index contributed by atoms with van der Waals surface area (Å²) in [4.78, 5) is 11.9. The van der Waals surface area contributed by atoms with Crippen LogP contribution >= 0.6 is 0 Å². The van der Waals surface area contributed by atoms with Crippen molar-refractivity contribution >= 4 is 5.91 Å². The molecule has 0 spiro atoms. The molecule has 0 aliphatic rings. The summed E-state index contributed by atoms with van der Waals surface area (Å²) in [6.45, 7) is 8.65. The van der Waals surface area contributed by atoms with Gasteiger partial charge in [0.2, 0.25) is 5.91 Å². The Morgan fingerprint density at radius 1 is 1.28 bits per heavy atom. The molecule has 1 amide bonds. The lowest BCUT2D eigenvalue weighted by molar-refractivity contribution is -0.122. The van der Waals surface area contributed by atoms with Crippen LogP contribution < -0.4 is 10.6 Å². The maximum atomic E-state index is 11.9. The maximum Gasteiger partial charge on any atom is 0.227 e. The van der Waals surface area contributed by atoms with Gasteiger partial charge in [0.25, 0.3) is 0 Å².